The van der Waals surface area contributed by atoms with Crippen LogP contribution in [-0.4, -0.2) is 53.7 Å². The fraction of sp³-hybridized carbons (Fsp3) is 0.583. The lowest BCUT2D eigenvalue weighted by molar-refractivity contribution is -0.0543. The van der Waals surface area contributed by atoms with E-state index in [9.17, 15) is 9.90 Å². The quantitative estimate of drug-likeness (QED) is 0.753. The number of carbonyl (C=O) groups is 1. The smallest absolute Gasteiger partial charge is 0.358 e. The van der Waals surface area contributed by atoms with Crippen LogP contribution < -0.4 is 5.32 Å². The SMILES string of the molecule is COC(=O)c1ccc(NCC2(O)CCOCC2)nn1. The number of ether oxygens (including phenoxy) is 2. The molecule has 0 atom stereocenters. The molecule has 0 saturated carbocycles. The van der Waals surface area contributed by atoms with Crippen LogP contribution in [0, 0.1) is 0 Å². The van der Waals surface area contributed by atoms with E-state index in [1.54, 1.807) is 6.07 Å². The van der Waals surface area contributed by atoms with Crippen molar-refractivity contribution in [1.82, 2.24) is 10.2 Å². The number of hydrogen-bond donors (Lipinski definition) is 2. The zero-order valence-corrected chi connectivity index (χ0v) is 10.8. The maximum absolute atomic E-state index is 11.2. The van der Waals surface area contributed by atoms with Crippen molar-refractivity contribution in [2.75, 3.05) is 32.2 Å². The van der Waals surface area contributed by atoms with E-state index < -0.39 is 11.6 Å². The Balaban J connectivity index is 1.91. The molecule has 0 radical (unpaired) electrons. The van der Waals surface area contributed by atoms with Gasteiger partial charge >= 0.3 is 5.97 Å². The van der Waals surface area contributed by atoms with Crippen LogP contribution in [0.2, 0.25) is 0 Å². The maximum Gasteiger partial charge on any atom is 0.358 e. The average Bonchev–Trinajstić information content (AvgIpc) is 2.46. The van der Waals surface area contributed by atoms with Crippen LogP contribution in [0.3, 0.4) is 0 Å². The van der Waals surface area contributed by atoms with Crippen LogP contribution >= 0.6 is 0 Å². The van der Waals surface area contributed by atoms with Gasteiger partial charge < -0.3 is 19.9 Å². The van der Waals surface area contributed by atoms with Crippen molar-refractivity contribution in [2.24, 2.45) is 0 Å². The number of nitrogens with zero attached hydrogens (tertiary/aromatic N) is 2. The van der Waals surface area contributed by atoms with E-state index in [4.69, 9.17) is 4.74 Å². The number of nitrogens with one attached hydrogen (secondary N) is 1. The molecule has 2 heterocycles. The first-order chi connectivity index (χ1) is 9.13. The van der Waals surface area contributed by atoms with Gasteiger partial charge in [-0.05, 0) is 12.1 Å². The molecule has 0 spiro atoms. The maximum atomic E-state index is 11.2. The fourth-order valence-corrected chi connectivity index (χ4v) is 1.82. The molecular formula is C12H17N3O4. The fourth-order valence-electron chi connectivity index (χ4n) is 1.82. The van der Waals surface area contributed by atoms with Crippen molar-refractivity contribution in [3.63, 3.8) is 0 Å². The highest BCUT2D eigenvalue weighted by Gasteiger charge is 2.29. The molecule has 104 valence electrons. The second-order valence-electron chi connectivity index (χ2n) is 4.49. The Morgan fingerprint density at radius 2 is 2.21 bits per heavy atom. The standard InChI is InChI=1S/C12H17N3O4/c1-18-11(16)9-2-3-10(15-14-9)13-8-12(17)4-6-19-7-5-12/h2-3,17H,4-8H2,1H3,(H,13,15). The topological polar surface area (TPSA) is 93.6 Å². The van der Waals surface area contributed by atoms with Gasteiger partial charge in [-0.2, -0.15) is 0 Å². The second kappa shape index (κ2) is 5.94. The Bertz CT molecular complexity index is 429. The second-order valence-corrected chi connectivity index (χ2v) is 4.49. The van der Waals surface area contributed by atoms with Gasteiger partial charge in [-0.3, -0.25) is 0 Å². The molecular weight excluding hydrogens is 250 g/mol. The lowest BCUT2D eigenvalue weighted by Gasteiger charge is -2.32. The molecule has 1 fully saturated rings. The molecule has 0 aromatic carbocycles. The predicted molar refractivity (Wildman–Crippen MR) is 66.9 cm³/mol. The van der Waals surface area contributed by atoms with Gasteiger partial charge in [-0.25, -0.2) is 4.79 Å². The molecule has 19 heavy (non-hydrogen) atoms. The molecule has 0 unspecified atom stereocenters. The Labute approximate surface area is 110 Å². The summed E-state index contributed by atoms with van der Waals surface area (Å²) in [5.41, 5.74) is -0.626. The first-order valence-corrected chi connectivity index (χ1v) is 6.09. The Morgan fingerprint density at radius 1 is 1.47 bits per heavy atom. The normalized spacial score (nSPS) is 17.8. The van der Waals surface area contributed by atoms with Gasteiger partial charge in [0, 0.05) is 32.6 Å². The van der Waals surface area contributed by atoms with Crippen molar-refractivity contribution in [3.8, 4) is 0 Å². The van der Waals surface area contributed by atoms with Gasteiger partial charge in [0.15, 0.2) is 5.69 Å². The molecule has 7 nitrogen and oxygen atoms in total. The zero-order valence-electron chi connectivity index (χ0n) is 10.8. The van der Waals surface area contributed by atoms with Crippen molar-refractivity contribution in [1.29, 1.82) is 0 Å². The summed E-state index contributed by atoms with van der Waals surface area (Å²) in [6.45, 7) is 1.50. The Hall–Kier alpha value is -1.73. The molecule has 7 heteroatoms. The van der Waals surface area contributed by atoms with E-state index in [1.165, 1.54) is 13.2 Å². The van der Waals surface area contributed by atoms with Crippen molar-refractivity contribution in [2.45, 2.75) is 18.4 Å². The summed E-state index contributed by atoms with van der Waals surface area (Å²) in [5, 5.41) is 20.9. The largest absolute Gasteiger partial charge is 0.464 e. The highest BCUT2D eigenvalue weighted by atomic mass is 16.5. The molecule has 1 aliphatic heterocycles. The third-order valence-electron chi connectivity index (χ3n) is 3.08. The molecule has 0 amide bonds. The molecule has 2 rings (SSSR count). The van der Waals surface area contributed by atoms with Gasteiger partial charge in [-0.15, -0.1) is 10.2 Å². The van der Waals surface area contributed by atoms with Gasteiger partial charge in [0.25, 0.3) is 0 Å². The summed E-state index contributed by atoms with van der Waals surface area (Å²) in [4.78, 5) is 11.2. The van der Waals surface area contributed by atoms with E-state index in [0.717, 1.165) is 0 Å². The number of carbonyl (C=O) groups excluding carboxylic acids is 1. The molecule has 1 saturated heterocycles. The Morgan fingerprint density at radius 3 is 2.79 bits per heavy atom. The third-order valence-corrected chi connectivity index (χ3v) is 3.08. The molecule has 0 aliphatic carbocycles. The zero-order chi connectivity index (χ0) is 13.7. The minimum Gasteiger partial charge on any atom is -0.464 e. The van der Waals surface area contributed by atoms with Gasteiger partial charge in [0.05, 0.1) is 12.7 Å². The van der Waals surface area contributed by atoms with Crippen molar-refractivity contribution in [3.05, 3.63) is 17.8 Å². The van der Waals surface area contributed by atoms with E-state index in [2.05, 4.69) is 20.3 Å². The van der Waals surface area contributed by atoms with E-state index in [1.807, 2.05) is 0 Å². The minimum absolute atomic E-state index is 0.151. The number of methoxy groups -OCH3 is 1. The molecule has 1 aromatic rings. The lowest BCUT2D eigenvalue weighted by atomic mass is 9.94. The highest BCUT2D eigenvalue weighted by molar-refractivity contribution is 5.86. The van der Waals surface area contributed by atoms with Crippen LogP contribution in [0.15, 0.2) is 12.1 Å². The first kappa shape index (κ1) is 13.7. The van der Waals surface area contributed by atoms with E-state index >= 15 is 0 Å². The molecule has 1 aromatic heterocycles. The number of aliphatic hydroxyl groups is 1. The number of rotatable bonds is 4. The summed E-state index contributed by atoms with van der Waals surface area (Å²) < 4.78 is 9.74. The number of anilines is 1. The van der Waals surface area contributed by atoms with E-state index in [0.29, 0.717) is 38.4 Å². The third kappa shape index (κ3) is 3.62. The summed E-state index contributed by atoms with van der Waals surface area (Å²) in [6, 6.07) is 3.15. The number of hydrogen-bond acceptors (Lipinski definition) is 7. The van der Waals surface area contributed by atoms with Crippen LogP contribution in [0.5, 0.6) is 0 Å². The summed E-state index contributed by atoms with van der Waals surface area (Å²) in [6.07, 6.45) is 1.18. The van der Waals surface area contributed by atoms with Crippen LogP contribution in [0.4, 0.5) is 5.82 Å². The van der Waals surface area contributed by atoms with Crippen LogP contribution in [-0.2, 0) is 9.47 Å². The van der Waals surface area contributed by atoms with Gasteiger partial charge in [0.1, 0.15) is 5.82 Å². The van der Waals surface area contributed by atoms with Crippen LogP contribution in [0.1, 0.15) is 23.3 Å². The molecule has 2 N–H and O–H groups in total. The van der Waals surface area contributed by atoms with Gasteiger partial charge in [0.2, 0.25) is 0 Å². The van der Waals surface area contributed by atoms with Gasteiger partial charge in [-0.1, -0.05) is 0 Å². The van der Waals surface area contributed by atoms with Crippen molar-refractivity contribution >= 4 is 11.8 Å². The van der Waals surface area contributed by atoms with Crippen LogP contribution in [0.25, 0.3) is 0 Å². The van der Waals surface area contributed by atoms with Crippen molar-refractivity contribution < 1.29 is 19.4 Å². The highest BCUT2D eigenvalue weighted by Crippen LogP contribution is 2.20. The predicted octanol–water partition coefficient (Wildman–Crippen LogP) is 0.217. The summed E-state index contributed by atoms with van der Waals surface area (Å²) in [7, 11) is 1.29. The lowest BCUT2D eigenvalue weighted by Crippen LogP contribution is -2.42. The number of esters is 1. The summed E-state index contributed by atoms with van der Waals surface area (Å²) >= 11 is 0. The number of aromatic nitrogens is 2. The average molecular weight is 267 g/mol. The molecule has 1 aliphatic rings. The Kier molecular flexibility index (Phi) is 4.28. The molecule has 0 bridgehead atoms. The summed E-state index contributed by atoms with van der Waals surface area (Å²) in [5.74, 6) is -0.0188. The van der Waals surface area contributed by atoms with E-state index in [-0.39, 0.29) is 5.69 Å². The first-order valence-electron chi connectivity index (χ1n) is 6.09. The minimum atomic E-state index is -0.777. The monoisotopic (exact) mass is 267 g/mol.